The number of hydrogen-bond donors (Lipinski definition) is 0. The molecule has 0 radical (unpaired) electrons. The Morgan fingerprint density at radius 2 is 1.89 bits per heavy atom. The third-order valence-electron chi connectivity index (χ3n) is 2.87. The predicted octanol–water partition coefficient (Wildman–Crippen LogP) is 2.21. The molecule has 1 aliphatic heterocycles. The molecule has 1 saturated heterocycles. The van der Waals surface area contributed by atoms with Gasteiger partial charge in [0.2, 0.25) is 0 Å². The lowest BCUT2D eigenvalue weighted by Gasteiger charge is -2.35. The fourth-order valence-electron chi connectivity index (χ4n) is 2.18. The minimum Gasteiger partial charge on any atom is -0.372 e. The van der Waals surface area contributed by atoms with Crippen LogP contribution in [-0.2, 0) is 4.74 Å². The number of benzene rings is 1. The van der Waals surface area contributed by atoms with Gasteiger partial charge in [-0.25, -0.2) is 8.78 Å². The van der Waals surface area contributed by atoms with Crippen LogP contribution in [-0.4, -0.2) is 36.1 Å². The smallest absolute Gasteiger partial charge is 0.257 e. The molecule has 2 atom stereocenters. The number of carbonyl (C=O) groups excluding carboxylic acids is 1. The summed E-state index contributed by atoms with van der Waals surface area (Å²) >= 11 is 0. The van der Waals surface area contributed by atoms with Crippen molar-refractivity contribution in [1.82, 2.24) is 4.90 Å². The third kappa shape index (κ3) is 2.67. The summed E-state index contributed by atoms with van der Waals surface area (Å²) in [5.41, 5.74) is -0.226. The predicted molar refractivity (Wildman–Crippen MR) is 62.3 cm³/mol. The van der Waals surface area contributed by atoms with Crippen LogP contribution in [0.2, 0.25) is 0 Å². The van der Waals surface area contributed by atoms with Crippen LogP contribution < -0.4 is 0 Å². The first-order valence-corrected chi connectivity index (χ1v) is 5.87. The number of morpholine rings is 1. The van der Waals surface area contributed by atoms with E-state index in [1.807, 2.05) is 13.8 Å². The Hall–Kier alpha value is -1.49. The van der Waals surface area contributed by atoms with Gasteiger partial charge in [-0.2, -0.15) is 0 Å². The lowest BCUT2D eigenvalue weighted by Crippen LogP contribution is -2.48. The van der Waals surface area contributed by atoms with E-state index in [1.165, 1.54) is 4.90 Å². The highest BCUT2D eigenvalue weighted by molar-refractivity contribution is 5.94. The van der Waals surface area contributed by atoms with Crippen LogP contribution in [0.1, 0.15) is 24.2 Å². The van der Waals surface area contributed by atoms with Crippen molar-refractivity contribution >= 4 is 5.91 Å². The fraction of sp³-hybridized carbons (Fsp3) is 0.462. The first-order chi connectivity index (χ1) is 8.47. The average Bonchev–Trinajstić information content (AvgIpc) is 2.30. The van der Waals surface area contributed by atoms with Crippen LogP contribution >= 0.6 is 0 Å². The van der Waals surface area contributed by atoms with Crippen molar-refractivity contribution in [1.29, 1.82) is 0 Å². The highest BCUT2D eigenvalue weighted by Crippen LogP contribution is 2.17. The van der Waals surface area contributed by atoms with E-state index in [1.54, 1.807) is 0 Å². The van der Waals surface area contributed by atoms with E-state index in [4.69, 9.17) is 4.74 Å². The summed E-state index contributed by atoms with van der Waals surface area (Å²) in [6, 6.07) is 2.90. The summed E-state index contributed by atoms with van der Waals surface area (Å²) in [5, 5.41) is 0. The summed E-state index contributed by atoms with van der Waals surface area (Å²) in [7, 11) is 0. The van der Waals surface area contributed by atoms with E-state index in [0.29, 0.717) is 13.1 Å². The summed E-state index contributed by atoms with van der Waals surface area (Å²) in [6.07, 6.45) is -0.205. The molecule has 0 saturated carbocycles. The van der Waals surface area contributed by atoms with Gasteiger partial charge in [-0.05, 0) is 32.0 Å². The molecule has 98 valence electrons. The molecule has 1 aliphatic rings. The maximum absolute atomic E-state index is 13.5. The largest absolute Gasteiger partial charge is 0.372 e. The minimum absolute atomic E-state index is 0.102. The molecule has 1 heterocycles. The highest BCUT2D eigenvalue weighted by Gasteiger charge is 2.28. The van der Waals surface area contributed by atoms with Crippen molar-refractivity contribution in [3.05, 3.63) is 35.4 Å². The number of rotatable bonds is 1. The van der Waals surface area contributed by atoms with Gasteiger partial charge in [0.25, 0.3) is 5.91 Å². The maximum atomic E-state index is 13.5. The van der Waals surface area contributed by atoms with Crippen molar-refractivity contribution in [2.24, 2.45) is 0 Å². The first-order valence-electron chi connectivity index (χ1n) is 5.87. The Morgan fingerprint density at radius 3 is 2.50 bits per heavy atom. The van der Waals surface area contributed by atoms with Crippen LogP contribution in [0.3, 0.4) is 0 Å². The second kappa shape index (κ2) is 5.02. The van der Waals surface area contributed by atoms with E-state index in [9.17, 15) is 13.6 Å². The Kier molecular flexibility index (Phi) is 3.61. The number of carbonyl (C=O) groups is 1. The molecule has 0 bridgehead atoms. The molecule has 0 spiro atoms. The van der Waals surface area contributed by atoms with Gasteiger partial charge in [0.1, 0.15) is 11.6 Å². The van der Waals surface area contributed by atoms with Crippen LogP contribution in [0.4, 0.5) is 8.78 Å². The van der Waals surface area contributed by atoms with Gasteiger partial charge < -0.3 is 9.64 Å². The van der Waals surface area contributed by atoms with Gasteiger partial charge >= 0.3 is 0 Å². The first kappa shape index (κ1) is 13.0. The Balaban J connectivity index is 2.22. The third-order valence-corrected chi connectivity index (χ3v) is 2.87. The zero-order valence-corrected chi connectivity index (χ0v) is 10.3. The van der Waals surface area contributed by atoms with Gasteiger partial charge in [-0.15, -0.1) is 0 Å². The molecule has 2 unspecified atom stereocenters. The van der Waals surface area contributed by atoms with Crippen molar-refractivity contribution < 1.29 is 18.3 Å². The summed E-state index contributed by atoms with van der Waals surface area (Å²) in [4.78, 5) is 13.6. The highest BCUT2D eigenvalue weighted by atomic mass is 19.1. The molecule has 1 fully saturated rings. The lowest BCUT2D eigenvalue weighted by molar-refractivity contribution is -0.0587. The molecule has 0 aromatic heterocycles. The van der Waals surface area contributed by atoms with Crippen molar-refractivity contribution in [3.63, 3.8) is 0 Å². The van der Waals surface area contributed by atoms with Crippen LogP contribution in [0, 0.1) is 11.6 Å². The Labute approximate surface area is 104 Å². The molecule has 1 aromatic rings. The van der Waals surface area contributed by atoms with Gasteiger partial charge in [-0.1, -0.05) is 0 Å². The van der Waals surface area contributed by atoms with E-state index in [2.05, 4.69) is 0 Å². The van der Waals surface area contributed by atoms with E-state index < -0.39 is 17.5 Å². The van der Waals surface area contributed by atoms with Crippen molar-refractivity contribution in [3.8, 4) is 0 Å². The molecule has 0 aliphatic carbocycles. The standard InChI is InChI=1S/C13H15F2NO2/c1-8-6-16(7-9(2)18-8)13(17)11-5-10(14)3-4-12(11)15/h3-5,8-9H,6-7H2,1-2H3. The molecule has 2 rings (SSSR count). The zero-order valence-electron chi connectivity index (χ0n) is 10.3. The topological polar surface area (TPSA) is 29.5 Å². The lowest BCUT2D eigenvalue weighted by atomic mass is 10.1. The summed E-state index contributed by atoms with van der Waals surface area (Å²) in [5.74, 6) is -1.81. The van der Waals surface area contributed by atoms with E-state index >= 15 is 0 Å². The number of hydrogen-bond acceptors (Lipinski definition) is 2. The summed E-state index contributed by atoms with van der Waals surface area (Å²) < 4.78 is 32.1. The van der Waals surface area contributed by atoms with Gasteiger partial charge in [0, 0.05) is 13.1 Å². The van der Waals surface area contributed by atoms with Gasteiger partial charge in [0.05, 0.1) is 17.8 Å². The molecule has 3 nitrogen and oxygen atoms in total. The Bertz CT molecular complexity index is 454. The number of ether oxygens (including phenoxy) is 1. The Morgan fingerprint density at radius 1 is 1.28 bits per heavy atom. The normalized spacial score (nSPS) is 24.1. The van der Waals surface area contributed by atoms with Crippen LogP contribution in [0.5, 0.6) is 0 Å². The maximum Gasteiger partial charge on any atom is 0.257 e. The molecule has 1 aromatic carbocycles. The molecule has 5 heteroatoms. The van der Waals surface area contributed by atoms with Crippen molar-refractivity contribution in [2.75, 3.05) is 13.1 Å². The van der Waals surface area contributed by atoms with E-state index in [0.717, 1.165) is 18.2 Å². The summed E-state index contributed by atoms with van der Waals surface area (Å²) in [6.45, 7) is 4.47. The molecular weight excluding hydrogens is 240 g/mol. The quantitative estimate of drug-likeness (QED) is 0.770. The minimum atomic E-state index is -0.701. The molecule has 0 N–H and O–H groups in total. The number of nitrogens with zero attached hydrogens (tertiary/aromatic N) is 1. The molecular formula is C13H15F2NO2. The van der Waals surface area contributed by atoms with E-state index in [-0.39, 0.29) is 17.8 Å². The monoisotopic (exact) mass is 255 g/mol. The second-order valence-electron chi connectivity index (χ2n) is 4.59. The zero-order chi connectivity index (χ0) is 13.3. The van der Waals surface area contributed by atoms with Crippen molar-refractivity contribution in [2.45, 2.75) is 26.1 Å². The van der Waals surface area contributed by atoms with Gasteiger partial charge in [0.15, 0.2) is 0 Å². The average molecular weight is 255 g/mol. The fourth-order valence-corrected chi connectivity index (χ4v) is 2.18. The number of halogens is 2. The second-order valence-corrected chi connectivity index (χ2v) is 4.59. The van der Waals surface area contributed by atoms with Gasteiger partial charge in [-0.3, -0.25) is 4.79 Å². The SMILES string of the molecule is CC1CN(C(=O)c2cc(F)ccc2F)CC(C)O1. The van der Waals surface area contributed by atoms with Crippen LogP contribution in [0.25, 0.3) is 0 Å². The molecule has 1 amide bonds. The number of amides is 1. The van der Waals surface area contributed by atoms with Crippen LogP contribution in [0.15, 0.2) is 18.2 Å². The molecule has 18 heavy (non-hydrogen) atoms.